The molecule has 2 rings (SSSR count). The van der Waals surface area contributed by atoms with Gasteiger partial charge < -0.3 is 14.6 Å². The summed E-state index contributed by atoms with van der Waals surface area (Å²) in [5.74, 6) is -0.567. The van der Waals surface area contributed by atoms with Crippen molar-refractivity contribution < 1.29 is 14.3 Å². The van der Waals surface area contributed by atoms with Gasteiger partial charge in [0, 0.05) is 18.8 Å². The maximum Gasteiger partial charge on any atom is 0.332 e. The maximum atomic E-state index is 12.8. The second-order valence-corrected chi connectivity index (χ2v) is 5.50. The minimum atomic E-state index is -0.877. The van der Waals surface area contributed by atoms with Crippen LogP contribution in [0.1, 0.15) is 49.9 Å². The van der Waals surface area contributed by atoms with E-state index in [1.807, 2.05) is 6.92 Å². The Bertz CT molecular complexity index is 590. The minimum absolute atomic E-state index is 0.241. The SMILES string of the molecule is CCCC1(C(=O)OCC)CCCN1C(=O)c1ccc(=O)[nH]c1. The predicted molar refractivity (Wildman–Crippen MR) is 81.6 cm³/mol. The lowest BCUT2D eigenvalue weighted by molar-refractivity contribution is -0.155. The fraction of sp³-hybridized carbons (Fsp3) is 0.562. The van der Waals surface area contributed by atoms with Crippen LogP contribution in [-0.2, 0) is 9.53 Å². The molecular formula is C16H22N2O4. The van der Waals surface area contributed by atoms with Crippen LogP contribution in [0.15, 0.2) is 23.1 Å². The molecule has 1 amide bonds. The van der Waals surface area contributed by atoms with Gasteiger partial charge in [-0.05, 0) is 32.3 Å². The molecule has 0 radical (unpaired) electrons. The lowest BCUT2D eigenvalue weighted by Crippen LogP contribution is -2.53. The Morgan fingerprint density at radius 1 is 1.36 bits per heavy atom. The molecule has 2 heterocycles. The molecule has 0 spiro atoms. The molecular weight excluding hydrogens is 284 g/mol. The summed E-state index contributed by atoms with van der Waals surface area (Å²) >= 11 is 0. The Kier molecular flexibility index (Phi) is 5.00. The first-order valence-electron chi connectivity index (χ1n) is 7.73. The Labute approximate surface area is 129 Å². The molecule has 1 fully saturated rings. The van der Waals surface area contributed by atoms with Crippen molar-refractivity contribution in [3.8, 4) is 0 Å². The van der Waals surface area contributed by atoms with Crippen LogP contribution in [0.3, 0.4) is 0 Å². The van der Waals surface area contributed by atoms with E-state index in [0.29, 0.717) is 31.6 Å². The van der Waals surface area contributed by atoms with E-state index in [0.717, 1.165) is 12.8 Å². The zero-order valence-electron chi connectivity index (χ0n) is 13.1. The number of nitrogens with zero attached hydrogens (tertiary/aromatic N) is 1. The first-order chi connectivity index (χ1) is 10.5. The molecule has 1 aliphatic rings. The molecule has 1 saturated heterocycles. The topological polar surface area (TPSA) is 79.5 Å². The number of hydrogen-bond donors (Lipinski definition) is 1. The summed E-state index contributed by atoms with van der Waals surface area (Å²) < 4.78 is 5.23. The molecule has 120 valence electrons. The van der Waals surface area contributed by atoms with Gasteiger partial charge in [-0.2, -0.15) is 0 Å². The maximum absolute atomic E-state index is 12.8. The van der Waals surface area contributed by atoms with Crippen LogP contribution >= 0.6 is 0 Å². The fourth-order valence-corrected chi connectivity index (χ4v) is 3.13. The van der Waals surface area contributed by atoms with Crippen LogP contribution in [0.2, 0.25) is 0 Å². The smallest absolute Gasteiger partial charge is 0.332 e. The summed E-state index contributed by atoms with van der Waals surface area (Å²) in [5, 5.41) is 0. The van der Waals surface area contributed by atoms with Crippen molar-refractivity contribution in [1.29, 1.82) is 0 Å². The van der Waals surface area contributed by atoms with Crippen molar-refractivity contribution in [2.45, 2.75) is 45.1 Å². The number of aromatic amines is 1. The van der Waals surface area contributed by atoms with Crippen molar-refractivity contribution in [3.05, 3.63) is 34.2 Å². The normalized spacial score (nSPS) is 20.9. The minimum Gasteiger partial charge on any atom is -0.464 e. The zero-order chi connectivity index (χ0) is 16.2. The number of esters is 1. The van der Waals surface area contributed by atoms with Crippen LogP contribution in [0.5, 0.6) is 0 Å². The molecule has 1 N–H and O–H groups in total. The van der Waals surface area contributed by atoms with Crippen LogP contribution in [-0.4, -0.2) is 40.5 Å². The standard InChI is InChI=1S/C16H22N2O4/c1-3-8-16(15(21)22-4-2)9-5-10-18(16)14(20)12-6-7-13(19)17-11-12/h6-7,11H,3-5,8-10H2,1-2H3,(H,17,19). The van der Waals surface area contributed by atoms with E-state index in [1.165, 1.54) is 18.3 Å². The number of pyridine rings is 1. The molecule has 1 aliphatic heterocycles. The Balaban J connectivity index is 2.33. The van der Waals surface area contributed by atoms with Crippen molar-refractivity contribution in [1.82, 2.24) is 9.88 Å². The van der Waals surface area contributed by atoms with E-state index in [1.54, 1.807) is 11.8 Å². The average molecular weight is 306 g/mol. The van der Waals surface area contributed by atoms with E-state index in [9.17, 15) is 14.4 Å². The van der Waals surface area contributed by atoms with Gasteiger partial charge in [0.25, 0.3) is 5.91 Å². The summed E-state index contributed by atoms with van der Waals surface area (Å²) in [4.78, 5) is 40.5. The summed E-state index contributed by atoms with van der Waals surface area (Å²) in [6.07, 6.45) is 4.16. The van der Waals surface area contributed by atoms with Crippen molar-refractivity contribution >= 4 is 11.9 Å². The van der Waals surface area contributed by atoms with Crippen molar-refractivity contribution in [3.63, 3.8) is 0 Å². The van der Waals surface area contributed by atoms with Gasteiger partial charge >= 0.3 is 5.97 Å². The first kappa shape index (κ1) is 16.3. The van der Waals surface area contributed by atoms with Gasteiger partial charge in [-0.1, -0.05) is 13.3 Å². The molecule has 22 heavy (non-hydrogen) atoms. The number of likely N-dealkylation sites (tertiary alicyclic amines) is 1. The van der Waals surface area contributed by atoms with Crippen LogP contribution in [0, 0.1) is 0 Å². The lowest BCUT2D eigenvalue weighted by Gasteiger charge is -2.36. The van der Waals surface area contributed by atoms with E-state index >= 15 is 0 Å². The summed E-state index contributed by atoms with van der Waals surface area (Å²) in [5.41, 5.74) is -0.757. The number of rotatable bonds is 5. The molecule has 0 aromatic carbocycles. The highest BCUT2D eigenvalue weighted by atomic mass is 16.5. The third kappa shape index (κ3) is 2.91. The highest BCUT2D eigenvalue weighted by molar-refractivity contribution is 5.98. The van der Waals surface area contributed by atoms with Gasteiger partial charge in [0.1, 0.15) is 5.54 Å². The Morgan fingerprint density at radius 2 is 2.14 bits per heavy atom. The number of carbonyl (C=O) groups excluding carboxylic acids is 2. The molecule has 1 aromatic heterocycles. The molecule has 0 saturated carbocycles. The van der Waals surface area contributed by atoms with Gasteiger partial charge in [-0.15, -0.1) is 0 Å². The number of carbonyl (C=O) groups is 2. The molecule has 6 nitrogen and oxygen atoms in total. The first-order valence-corrected chi connectivity index (χ1v) is 7.73. The average Bonchev–Trinajstić information content (AvgIpc) is 2.93. The highest BCUT2D eigenvalue weighted by Crippen LogP contribution is 2.36. The number of ether oxygens (including phenoxy) is 1. The van der Waals surface area contributed by atoms with E-state index in [2.05, 4.69) is 4.98 Å². The third-order valence-electron chi connectivity index (χ3n) is 4.08. The van der Waals surface area contributed by atoms with Crippen LogP contribution in [0.25, 0.3) is 0 Å². The number of hydrogen-bond acceptors (Lipinski definition) is 4. The van der Waals surface area contributed by atoms with Gasteiger partial charge in [-0.3, -0.25) is 9.59 Å². The number of aromatic nitrogens is 1. The third-order valence-corrected chi connectivity index (χ3v) is 4.08. The van der Waals surface area contributed by atoms with E-state index < -0.39 is 5.54 Å². The number of nitrogens with one attached hydrogen (secondary N) is 1. The summed E-state index contributed by atoms with van der Waals surface area (Å²) in [6, 6.07) is 2.80. The second kappa shape index (κ2) is 6.77. The van der Waals surface area contributed by atoms with Gasteiger partial charge in [0.05, 0.1) is 12.2 Å². The number of amides is 1. The highest BCUT2D eigenvalue weighted by Gasteiger charge is 2.50. The zero-order valence-corrected chi connectivity index (χ0v) is 13.1. The van der Waals surface area contributed by atoms with Crippen molar-refractivity contribution in [2.24, 2.45) is 0 Å². The van der Waals surface area contributed by atoms with E-state index in [-0.39, 0.29) is 17.4 Å². The molecule has 6 heteroatoms. The second-order valence-electron chi connectivity index (χ2n) is 5.50. The van der Waals surface area contributed by atoms with Crippen LogP contribution < -0.4 is 5.56 Å². The molecule has 1 atom stereocenters. The van der Waals surface area contributed by atoms with Gasteiger partial charge in [-0.25, -0.2) is 4.79 Å². The van der Waals surface area contributed by atoms with Crippen molar-refractivity contribution in [2.75, 3.05) is 13.2 Å². The molecule has 1 aromatic rings. The number of H-pyrrole nitrogens is 1. The van der Waals surface area contributed by atoms with E-state index in [4.69, 9.17) is 4.74 Å². The molecule has 1 unspecified atom stereocenters. The summed E-state index contributed by atoms with van der Waals surface area (Å²) in [6.45, 7) is 4.57. The fourth-order valence-electron chi connectivity index (χ4n) is 3.13. The van der Waals surface area contributed by atoms with Gasteiger partial charge in [0.2, 0.25) is 5.56 Å². The van der Waals surface area contributed by atoms with Crippen LogP contribution in [0.4, 0.5) is 0 Å². The van der Waals surface area contributed by atoms with Gasteiger partial charge in [0.15, 0.2) is 0 Å². The lowest BCUT2D eigenvalue weighted by atomic mass is 9.90. The Morgan fingerprint density at radius 3 is 2.73 bits per heavy atom. The molecule has 0 aliphatic carbocycles. The molecule has 0 bridgehead atoms. The predicted octanol–water partition coefficient (Wildman–Crippen LogP) is 1.71. The quantitative estimate of drug-likeness (QED) is 0.840. The Hall–Kier alpha value is -2.11. The monoisotopic (exact) mass is 306 g/mol. The summed E-state index contributed by atoms with van der Waals surface area (Å²) in [7, 11) is 0. The largest absolute Gasteiger partial charge is 0.464 e.